The van der Waals surface area contributed by atoms with Crippen LogP contribution in [0.4, 0.5) is 5.69 Å². The van der Waals surface area contributed by atoms with Crippen LogP contribution in [0.3, 0.4) is 0 Å². The van der Waals surface area contributed by atoms with Gasteiger partial charge in [0.25, 0.3) is 0 Å². The lowest BCUT2D eigenvalue weighted by Gasteiger charge is -2.23. The lowest BCUT2D eigenvalue weighted by atomic mass is 10.1. The van der Waals surface area contributed by atoms with Gasteiger partial charge in [-0.25, -0.2) is 13.1 Å². The van der Waals surface area contributed by atoms with Crippen molar-refractivity contribution in [2.75, 3.05) is 18.0 Å². The molecule has 0 saturated carbocycles. The first-order valence-corrected chi connectivity index (χ1v) is 8.76. The van der Waals surface area contributed by atoms with Gasteiger partial charge in [-0.05, 0) is 43.7 Å². The van der Waals surface area contributed by atoms with Crippen molar-refractivity contribution in [3.8, 4) is 6.07 Å². The Morgan fingerprint density at radius 3 is 2.85 bits per heavy atom. The SMILES string of the molecule is CC1(CNS(=O)(=O)c2ccc(C#N)cc2N)CCCS1. The molecule has 1 fully saturated rings. The molecule has 1 aliphatic heterocycles. The fraction of sp³-hybridized carbons (Fsp3) is 0.462. The van der Waals surface area contributed by atoms with Crippen LogP contribution in [-0.2, 0) is 10.0 Å². The Labute approximate surface area is 123 Å². The van der Waals surface area contributed by atoms with Gasteiger partial charge in [0.15, 0.2) is 0 Å². The Morgan fingerprint density at radius 1 is 1.55 bits per heavy atom. The summed E-state index contributed by atoms with van der Waals surface area (Å²) >= 11 is 1.79. The zero-order chi connectivity index (χ0) is 14.8. The van der Waals surface area contributed by atoms with Crippen LogP contribution in [0.1, 0.15) is 25.3 Å². The van der Waals surface area contributed by atoms with E-state index in [-0.39, 0.29) is 15.3 Å². The first-order chi connectivity index (χ1) is 9.36. The molecule has 0 aliphatic carbocycles. The van der Waals surface area contributed by atoms with Gasteiger partial charge in [0.1, 0.15) is 4.90 Å². The van der Waals surface area contributed by atoms with E-state index < -0.39 is 10.0 Å². The molecule has 108 valence electrons. The van der Waals surface area contributed by atoms with E-state index in [1.54, 1.807) is 11.8 Å². The molecular weight excluding hydrogens is 294 g/mol. The third-order valence-corrected chi connectivity index (χ3v) is 6.38. The number of nitrogens with one attached hydrogen (secondary N) is 1. The van der Waals surface area contributed by atoms with E-state index in [1.165, 1.54) is 18.2 Å². The van der Waals surface area contributed by atoms with Gasteiger partial charge in [-0.2, -0.15) is 17.0 Å². The van der Waals surface area contributed by atoms with Gasteiger partial charge in [-0.1, -0.05) is 0 Å². The molecule has 1 aromatic carbocycles. The Morgan fingerprint density at radius 2 is 2.30 bits per heavy atom. The summed E-state index contributed by atoms with van der Waals surface area (Å²) in [6.07, 6.45) is 2.12. The molecule has 1 atom stereocenters. The van der Waals surface area contributed by atoms with Crippen LogP contribution < -0.4 is 10.5 Å². The number of benzene rings is 1. The number of thioether (sulfide) groups is 1. The Balaban J connectivity index is 2.16. The number of nitriles is 1. The largest absolute Gasteiger partial charge is 0.398 e. The third-order valence-electron chi connectivity index (χ3n) is 3.37. The highest BCUT2D eigenvalue weighted by atomic mass is 32.2. The molecule has 7 heteroatoms. The van der Waals surface area contributed by atoms with Gasteiger partial charge >= 0.3 is 0 Å². The van der Waals surface area contributed by atoms with Crippen LogP contribution in [0.25, 0.3) is 0 Å². The predicted octanol–water partition coefficient (Wildman–Crippen LogP) is 1.70. The van der Waals surface area contributed by atoms with E-state index in [4.69, 9.17) is 11.0 Å². The fourth-order valence-electron chi connectivity index (χ4n) is 2.16. The van der Waals surface area contributed by atoms with E-state index in [0.717, 1.165) is 18.6 Å². The summed E-state index contributed by atoms with van der Waals surface area (Å²) < 4.78 is 27.1. The number of anilines is 1. The molecule has 20 heavy (non-hydrogen) atoms. The molecule has 0 aromatic heterocycles. The zero-order valence-corrected chi connectivity index (χ0v) is 12.9. The van der Waals surface area contributed by atoms with E-state index in [9.17, 15) is 8.42 Å². The molecule has 5 nitrogen and oxygen atoms in total. The van der Waals surface area contributed by atoms with E-state index in [2.05, 4.69) is 11.6 Å². The van der Waals surface area contributed by atoms with Crippen molar-refractivity contribution in [3.63, 3.8) is 0 Å². The summed E-state index contributed by atoms with van der Waals surface area (Å²) in [5.74, 6) is 1.07. The molecule has 0 radical (unpaired) electrons. The number of hydrogen-bond donors (Lipinski definition) is 2. The van der Waals surface area contributed by atoms with Crippen molar-refractivity contribution < 1.29 is 8.42 Å². The van der Waals surface area contributed by atoms with Gasteiger partial charge in [0, 0.05) is 11.3 Å². The number of nitrogens with zero attached hydrogens (tertiary/aromatic N) is 1. The lowest BCUT2D eigenvalue weighted by molar-refractivity contribution is 0.553. The number of nitrogens with two attached hydrogens (primary N) is 1. The number of rotatable bonds is 4. The zero-order valence-electron chi connectivity index (χ0n) is 11.2. The lowest BCUT2D eigenvalue weighted by Crippen LogP contribution is -2.37. The number of hydrogen-bond acceptors (Lipinski definition) is 5. The molecule has 0 bridgehead atoms. The highest BCUT2D eigenvalue weighted by molar-refractivity contribution is 8.01. The van der Waals surface area contributed by atoms with Gasteiger partial charge in [0.2, 0.25) is 10.0 Å². The normalized spacial score (nSPS) is 22.6. The second-order valence-corrected chi connectivity index (χ2v) is 8.51. The minimum absolute atomic E-state index is 0.0306. The second kappa shape index (κ2) is 5.64. The predicted molar refractivity (Wildman–Crippen MR) is 80.9 cm³/mol. The molecule has 1 aliphatic rings. The van der Waals surface area contributed by atoms with Gasteiger partial charge in [-0.3, -0.25) is 0 Å². The summed E-state index contributed by atoms with van der Waals surface area (Å²) in [5, 5.41) is 8.76. The molecule has 1 unspecified atom stereocenters. The van der Waals surface area contributed by atoms with Crippen molar-refractivity contribution in [2.24, 2.45) is 0 Å². The van der Waals surface area contributed by atoms with Crippen LogP contribution in [0.2, 0.25) is 0 Å². The van der Waals surface area contributed by atoms with Gasteiger partial charge in [-0.15, -0.1) is 0 Å². The maximum atomic E-state index is 12.3. The van der Waals surface area contributed by atoms with Crippen LogP contribution in [0, 0.1) is 11.3 Å². The van der Waals surface area contributed by atoms with E-state index >= 15 is 0 Å². The summed E-state index contributed by atoms with van der Waals surface area (Å²) in [5.41, 5.74) is 6.17. The molecule has 0 spiro atoms. The molecule has 0 amide bonds. The summed E-state index contributed by atoms with van der Waals surface area (Å²) in [6.45, 7) is 2.45. The smallest absolute Gasteiger partial charge is 0.242 e. The highest BCUT2D eigenvalue weighted by Crippen LogP contribution is 2.37. The Bertz CT molecular complexity index is 644. The van der Waals surface area contributed by atoms with Gasteiger partial charge < -0.3 is 5.73 Å². The first kappa shape index (κ1) is 15.2. The monoisotopic (exact) mass is 311 g/mol. The van der Waals surface area contributed by atoms with E-state index in [0.29, 0.717) is 12.1 Å². The molecular formula is C13H17N3O2S2. The molecule has 2 rings (SSSR count). The fourth-order valence-corrected chi connectivity index (χ4v) is 4.78. The van der Waals surface area contributed by atoms with Crippen LogP contribution >= 0.6 is 11.8 Å². The Kier molecular flexibility index (Phi) is 4.28. The molecule has 3 N–H and O–H groups in total. The maximum absolute atomic E-state index is 12.3. The second-order valence-electron chi connectivity index (χ2n) is 5.09. The van der Waals surface area contributed by atoms with Crippen LogP contribution in [-0.4, -0.2) is 25.5 Å². The highest BCUT2D eigenvalue weighted by Gasteiger charge is 2.31. The van der Waals surface area contributed by atoms with Crippen molar-refractivity contribution >= 4 is 27.5 Å². The average Bonchev–Trinajstić information content (AvgIpc) is 2.84. The van der Waals surface area contributed by atoms with Crippen molar-refractivity contribution in [2.45, 2.75) is 29.4 Å². The standard InChI is InChI=1S/C13H17N3O2S2/c1-13(5-2-6-19-13)9-16-20(17,18)12-4-3-10(8-14)7-11(12)15/h3-4,7,16H,2,5-6,9,15H2,1H3. The third kappa shape index (κ3) is 3.26. The minimum atomic E-state index is -3.64. The molecule has 1 aromatic rings. The molecule has 1 saturated heterocycles. The summed E-state index contributed by atoms with van der Waals surface area (Å²) in [6, 6.07) is 6.14. The van der Waals surface area contributed by atoms with Crippen LogP contribution in [0.5, 0.6) is 0 Å². The minimum Gasteiger partial charge on any atom is -0.398 e. The van der Waals surface area contributed by atoms with Gasteiger partial charge in [0.05, 0.1) is 17.3 Å². The summed E-state index contributed by atoms with van der Waals surface area (Å²) in [4.78, 5) is 0.0306. The topological polar surface area (TPSA) is 96.0 Å². The van der Waals surface area contributed by atoms with Crippen LogP contribution in [0.15, 0.2) is 23.1 Å². The van der Waals surface area contributed by atoms with E-state index in [1.807, 2.05) is 6.07 Å². The first-order valence-electron chi connectivity index (χ1n) is 6.30. The number of nitrogen functional groups attached to an aromatic ring is 1. The quantitative estimate of drug-likeness (QED) is 0.825. The van der Waals surface area contributed by atoms with Crippen molar-refractivity contribution in [1.29, 1.82) is 5.26 Å². The number of sulfonamides is 1. The molecule has 1 heterocycles. The average molecular weight is 311 g/mol. The van der Waals surface area contributed by atoms with Crippen molar-refractivity contribution in [1.82, 2.24) is 4.72 Å². The Hall–Kier alpha value is -1.23. The van der Waals surface area contributed by atoms with Crippen molar-refractivity contribution in [3.05, 3.63) is 23.8 Å². The maximum Gasteiger partial charge on any atom is 0.242 e. The summed E-state index contributed by atoms with van der Waals surface area (Å²) in [7, 11) is -3.64.